The third-order valence-electron chi connectivity index (χ3n) is 2.60. The monoisotopic (exact) mass is 231 g/mol. The second-order valence-electron chi connectivity index (χ2n) is 4.38. The van der Waals surface area contributed by atoms with Crippen LogP contribution < -0.4 is 0 Å². The van der Waals surface area contributed by atoms with Crippen molar-refractivity contribution in [2.45, 2.75) is 40.2 Å². The summed E-state index contributed by atoms with van der Waals surface area (Å²) in [6, 6.07) is 0.378. The highest BCUT2D eigenvalue weighted by atomic mass is 16.5. The average molecular weight is 231 g/mol. The van der Waals surface area contributed by atoms with E-state index >= 15 is 0 Å². The number of aliphatic carboxylic acids is 1. The zero-order chi connectivity index (χ0) is 12.6. The van der Waals surface area contributed by atoms with Gasteiger partial charge in [0.25, 0.3) is 0 Å². The molecule has 1 atom stereocenters. The molecular formula is C12H25NO3. The number of nitrogens with zero attached hydrogens (tertiary/aromatic N) is 1. The summed E-state index contributed by atoms with van der Waals surface area (Å²) in [5.41, 5.74) is 0. The molecule has 0 heterocycles. The highest BCUT2D eigenvalue weighted by molar-refractivity contribution is 5.69. The maximum atomic E-state index is 10.8. The molecule has 0 bridgehead atoms. The molecule has 0 radical (unpaired) electrons. The minimum atomic E-state index is -0.726. The van der Waals surface area contributed by atoms with E-state index in [4.69, 9.17) is 9.84 Å². The van der Waals surface area contributed by atoms with Crippen molar-refractivity contribution in [2.75, 3.05) is 26.3 Å². The third-order valence-corrected chi connectivity index (χ3v) is 2.60. The van der Waals surface area contributed by atoms with Crippen LogP contribution in [0.4, 0.5) is 0 Å². The van der Waals surface area contributed by atoms with Crippen molar-refractivity contribution in [2.24, 2.45) is 5.92 Å². The van der Waals surface area contributed by atoms with Gasteiger partial charge < -0.3 is 14.7 Å². The quantitative estimate of drug-likeness (QED) is 0.615. The molecule has 0 saturated heterocycles. The lowest BCUT2D eigenvalue weighted by Crippen LogP contribution is -2.38. The van der Waals surface area contributed by atoms with E-state index < -0.39 is 5.97 Å². The Morgan fingerprint density at radius 1 is 1.38 bits per heavy atom. The number of carboxylic acids is 1. The minimum Gasteiger partial charge on any atom is -0.481 e. The summed E-state index contributed by atoms with van der Waals surface area (Å²) in [7, 11) is 0. The van der Waals surface area contributed by atoms with Gasteiger partial charge in [0.1, 0.15) is 0 Å². The third kappa shape index (κ3) is 6.80. The van der Waals surface area contributed by atoms with Crippen molar-refractivity contribution in [3.63, 3.8) is 0 Å². The number of rotatable bonds is 9. The summed E-state index contributed by atoms with van der Waals surface area (Å²) in [6.07, 6.45) is 0.957. The smallest absolute Gasteiger partial charge is 0.307 e. The van der Waals surface area contributed by atoms with Crippen LogP contribution in [0.3, 0.4) is 0 Å². The van der Waals surface area contributed by atoms with Gasteiger partial charge in [-0.15, -0.1) is 0 Å². The summed E-state index contributed by atoms with van der Waals surface area (Å²) < 4.78 is 5.27. The molecule has 0 rings (SSSR count). The van der Waals surface area contributed by atoms with Crippen LogP contribution in [0, 0.1) is 5.92 Å². The molecule has 0 amide bonds. The average Bonchev–Trinajstić information content (AvgIpc) is 2.21. The molecule has 0 aliphatic carbocycles. The molecule has 0 fully saturated rings. The highest BCUT2D eigenvalue weighted by Gasteiger charge is 2.17. The van der Waals surface area contributed by atoms with Gasteiger partial charge >= 0.3 is 5.97 Å². The maximum absolute atomic E-state index is 10.8. The molecule has 0 spiro atoms. The van der Waals surface area contributed by atoms with Crippen LogP contribution in [0.5, 0.6) is 0 Å². The van der Waals surface area contributed by atoms with Crippen LogP contribution in [0.25, 0.3) is 0 Å². The second-order valence-corrected chi connectivity index (χ2v) is 4.38. The Kier molecular flexibility index (Phi) is 8.21. The van der Waals surface area contributed by atoms with E-state index in [2.05, 4.69) is 18.7 Å². The fourth-order valence-electron chi connectivity index (χ4n) is 1.50. The minimum absolute atomic E-state index is 0.311. The van der Waals surface area contributed by atoms with Crippen LogP contribution in [-0.4, -0.2) is 48.3 Å². The van der Waals surface area contributed by atoms with Gasteiger partial charge in [0.05, 0.1) is 5.92 Å². The molecule has 16 heavy (non-hydrogen) atoms. The first-order valence-electron chi connectivity index (χ1n) is 6.03. The SMILES string of the molecule is CCOCCCN(CC(C)C(=O)O)C(C)C. The van der Waals surface area contributed by atoms with Crippen LogP contribution in [0.1, 0.15) is 34.1 Å². The molecule has 4 nitrogen and oxygen atoms in total. The molecule has 0 aliphatic rings. The first-order valence-corrected chi connectivity index (χ1v) is 6.03. The van der Waals surface area contributed by atoms with Gasteiger partial charge in [-0.05, 0) is 27.2 Å². The van der Waals surface area contributed by atoms with E-state index in [0.717, 1.165) is 26.2 Å². The van der Waals surface area contributed by atoms with Crippen LogP contribution in [-0.2, 0) is 9.53 Å². The summed E-state index contributed by atoms with van der Waals surface area (Å²) in [5, 5.41) is 8.87. The highest BCUT2D eigenvalue weighted by Crippen LogP contribution is 2.06. The molecule has 0 aliphatic heterocycles. The fourth-order valence-corrected chi connectivity index (χ4v) is 1.50. The van der Waals surface area contributed by atoms with Crippen molar-refractivity contribution in [3.05, 3.63) is 0 Å². The fraction of sp³-hybridized carbons (Fsp3) is 0.917. The van der Waals surface area contributed by atoms with E-state index in [9.17, 15) is 4.79 Å². The maximum Gasteiger partial charge on any atom is 0.307 e. The van der Waals surface area contributed by atoms with E-state index in [-0.39, 0.29) is 5.92 Å². The van der Waals surface area contributed by atoms with Crippen molar-refractivity contribution in [3.8, 4) is 0 Å². The van der Waals surface area contributed by atoms with E-state index in [1.165, 1.54) is 0 Å². The Morgan fingerprint density at radius 2 is 2.00 bits per heavy atom. The Balaban J connectivity index is 3.93. The number of hydrogen-bond donors (Lipinski definition) is 1. The number of hydrogen-bond acceptors (Lipinski definition) is 3. The van der Waals surface area contributed by atoms with Crippen molar-refractivity contribution in [1.82, 2.24) is 4.90 Å². The Morgan fingerprint density at radius 3 is 2.44 bits per heavy atom. The van der Waals surface area contributed by atoms with Crippen molar-refractivity contribution >= 4 is 5.97 Å². The standard InChI is InChI=1S/C12H25NO3/c1-5-16-8-6-7-13(10(2)3)9-11(4)12(14)15/h10-11H,5-9H2,1-4H3,(H,14,15). The molecule has 1 N–H and O–H groups in total. The van der Waals surface area contributed by atoms with Gasteiger partial charge in [-0.2, -0.15) is 0 Å². The molecule has 96 valence electrons. The lowest BCUT2D eigenvalue weighted by atomic mass is 10.1. The van der Waals surface area contributed by atoms with Crippen LogP contribution >= 0.6 is 0 Å². The summed E-state index contributed by atoms with van der Waals surface area (Å²) in [5.74, 6) is -1.04. The van der Waals surface area contributed by atoms with E-state index in [1.54, 1.807) is 6.92 Å². The van der Waals surface area contributed by atoms with Gasteiger partial charge in [-0.25, -0.2) is 0 Å². The molecule has 4 heteroatoms. The summed E-state index contributed by atoms with van der Waals surface area (Å²) >= 11 is 0. The topological polar surface area (TPSA) is 49.8 Å². The van der Waals surface area contributed by atoms with Gasteiger partial charge in [-0.1, -0.05) is 6.92 Å². The van der Waals surface area contributed by atoms with Gasteiger partial charge in [0, 0.05) is 32.3 Å². The normalized spacial score (nSPS) is 13.4. The van der Waals surface area contributed by atoms with Crippen molar-refractivity contribution in [1.29, 1.82) is 0 Å². The van der Waals surface area contributed by atoms with Gasteiger partial charge in [-0.3, -0.25) is 4.79 Å². The molecule has 0 aromatic rings. The van der Waals surface area contributed by atoms with E-state index in [0.29, 0.717) is 12.6 Å². The Hall–Kier alpha value is -0.610. The van der Waals surface area contributed by atoms with Gasteiger partial charge in [0.15, 0.2) is 0 Å². The predicted molar refractivity (Wildman–Crippen MR) is 64.6 cm³/mol. The molecule has 0 aromatic carbocycles. The molecule has 0 aromatic heterocycles. The van der Waals surface area contributed by atoms with Crippen molar-refractivity contribution < 1.29 is 14.6 Å². The zero-order valence-electron chi connectivity index (χ0n) is 10.9. The molecule has 0 saturated carbocycles. The Bertz CT molecular complexity index is 195. The van der Waals surface area contributed by atoms with Gasteiger partial charge in [0.2, 0.25) is 0 Å². The Labute approximate surface area is 98.6 Å². The molecular weight excluding hydrogens is 206 g/mol. The lowest BCUT2D eigenvalue weighted by molar-refractivity contribution is -0.141. The lowest BCUT2D eigenvalue weighted by Gasteiger charge is -2.27. The molecule has 1 unspecified atom stereocenters. The summed E-state index contributed by atoms with van der Waals surface area (Å²) in [6.45, 7) is 10.9. The first-order chi connectivity index (χ1) is 7.49. The first kappa shape index (κ1) is 15.4. The zero-order valence-corrected chi connectivity index (χ0v) is 10.9. The van der Waals surface area contributed by atoms with Crippen LogP contribution in [0.15, 0.2) is 0 Å². The largest absolute Gasteiger partial charge is 0.481 e. The van der Waals surface area contributed by atoms with E-state index in [1.807, 2.05) is 6.92 Å². The second kappa shape index (κ2) is 8.53. The predicted octanol–water partition coefficient (Wildman–Crippen LogP) is 1.84. The van der Waals surface area contributed by atoms with Crippen LogP contribution in [0.2, 0.25) is 0 Å². The number of ether oxygens (including phenoxy) is 1. The summed E-state index contributed by atoms with van der Waals surface area (Å²) in [4.78, 5) is 13.0. The number of carbonyl (C=O) groups is 1. The number of carboxylic acid groups (broad SMARTS) is 1.